The minimum atomic E-state index is -0.205. The van der Waals surface area contributed by atoms with Crippen molar-refractivity contribution in [1.82, 2.24) is 9.78 Å². The maximum atomic E-state index is 12.2. The third-order valence-electron chi connectivity index (χ3n) is 2.76. The van der Waals surface area contributed by atoms with Crippen LogP contribution in [0.3, 0.4) is 0 Å². The van der Waals surface area contributed by atoms with Crippen molar-refractivity contribution < 1.29 is 9.90 Å². The molecule has 1 aromatic carbocycles. The topological polar surface area (TPSA) is 67.2 Å². The van der Waals surface area contributed by atoms with Crippen LogP contribution in [0.15, 0.2) is 30.6 Å². The van der Waals surface area contributed by atoms with E-state index in [0.29, 0.717) is 16.8 Å². The standard InChI is InChI=1S/C15H15N3O2/c1-11-5-6-12(4-3-7-19)8-14(11)15(20)17-13-9-16-18(2)10-13/h5-6,8-10,19H,7H2,1-2H3,(H,17,20). The third-order valence-corrected chi connectivity index (χ3v) is 2.76. The van der Waals surface area contributed by atoms with Crippen LogP contribution in [0.2, 0.25) is 0 Å². The Balaban J connectivity index is 2.24. The van der Waals surface area contributed by atoms with Crippen LogP contribution in [0.25, 0.3) is 0 Å². The van der Waals surface area contributed by atoms with E-state index in [0.717, 1.165) is 5.56 Å². The fraction of sp³-hybridized carbons (Fsp3) is 0.200. The molecule has 5 nitrogen and oxygen atoms in total. The van der Waals surface area contributed by atoms with Gasteiger partial charge in [-0.25, -0.2) is 0 Å². The Morgan fingerprint density at radius 2 is 2.30 bits per heavy atom. The average molecular weight is 269 g/mol. The van der Waals surface area contributed by atoms with E-state index in [1.165, 1.54) is 0 Å². The molecule has 20 heavy (non-hydrogen) atoms. The Morgan fingerprint density at radius 1 is 1.50 bits per heavy atom. The zero-order chi connectivity index (χ0) is 14.5. The predicted molar refractivity (Wildman–Crippen MR) is 76.3 cm³/mol. The van der Waals surface area contributed by atoms with Gasteiger partial charge in [-0.15, -0.1) is 0 Å². The van der Waals surface area contributed by atoms with Gasteiger partial charge in [-0.2, -0.15) is 5.10 Å². The fourth-order valence-electron chi connectivity index (χ4n) is 1.77. The molecule has 0 saturated heterocycles. The number of nitrogens with zero attached hydrogens (tertiary/aromatic N) is 2. The molecular weight excluding hydrogens is 254 g/mol. The predicted octanol–water partition coefficient (Wildman–Crippen LogP) is 1.32. The monoisotopic (exact) mass is 269 g/mol. The smallest absolute Gasteiger partial charge is 0.256 e. The number of carbonyl (C=O) groups excluding carboxylic acids is 1. The van der Waals surface area contributed by atoms with Crippen molar-refractivity contribution >= 4 is 11.6 Å². The Labute approximate surface area is 117 Å². The van der Waals surface area contributed by atoms with Gasteiger partial charge < -0.3 is 10.4 Å². The van der Waals surface area contributed by atoms with Gasteiger partial charge in [0.2, 0.25) is 0 Å². The molecular formula is C15H15N3O2. The molecule has 1 amide bonds. The number of aliphatic hydroxyl groups excluding tert-OH is 1. The van der Waals surface area contributed by atoms with E-state index in [2.05, 4.69) is 22.3 Å². The van der Waals surface area contributed by atoms with Crippen LogP contribution in [0, 0.1) is 18.8 Å². The Morgan fingerprint density at radius 3 is 2.95 bits per heavy atom. The van der Waals surface area contributed by atoms with Crippen LogP contribution < -0.4 is 5.32 Å². The molecule has 2 N–H and O–H groups in total. The summed E-state index contributed by atoms with van der Waals surface area (Å²) >= 11 is 0. The Hall–Kier alpha value is -2.58. The second-order valence-corrected chi connectivity index (χ2v) is 4.35. The molecule has 0 atom stereocenters. The average Bonchev–Trinajstić information content (AvgIpc) is 2.83. The molecule has 102 valence electrons. The lowest BCUT2D eigenvalue weighted by Gasteiger charge is -2.06. The molecule has 0 fully saturated rings. The molecule has 0 bridgehead atoms. The highest BCUT2D eigenvalue weighted by molar-refractivity contribution is 6.05. The number of aliphatic hydroxyl groups is 1. The molecule has 2 rings (SSSR count). The molecule has 0 unspecified atom stereocenters. The van der Waals surface area contributed by atoms with Gasteiger partial charge in [-0.1, -0.05) is 17.9 Å². The van der Waals surface area contributed by atoms with Crippen LogP contribution in [0.4, 0.5) is 5.69 Å². The number of hydrogen-bond donors (Lipinski definition) is 2. The molecule has 1 heterocycles. The summed E-state index contributed by atoms with van der Waals surface area (Å²) < 4.78 is 1.62. The lowest BCUT2D eigenvalue weighted by atomic mass is 10.0. The molecule has 2 aromatic rings. The maximum absolute atomic E-state index is 12.2. The van der Waals surface area contributed by atoms with Crippen molar-refractivity contribution in [2.45, 2.75) is 6.92 Å². The molecule has 5 heteroatoms. The molecule has 0 saturated carbocycles. The molecule has 0 spiro atoms. The second-order valence-electron chi connectivity index (χ2n) is 4.35. The van der Waals surface area contributed by atoms with E-state index in [9.17, 15) is 4.79 Å². The molecule has 0 aliphatic heterocycles. The zero-order valence-corrected chi connectivity index (χ0v) is 11.3. The van der Waals surface area contributed by atoms with E-state index >= 15 is 0 Å². The first kappa shape index (κ1) is 13.8. The summed E-state index contributed by atoms with van der Waals surface area (Å²) in [6.45, 7) is 1.66. The number of nitrogens with one attached hydrogen (secondary N) is 1. The lowest BCUT2D eigenvalue weighted by molar-refractivity contribution is 0.102. The van der Waals surface area contributed by atoms with Gasteiger partial charge in [0, 0.05) is 24.4 Å². The van der Waals surface area contributed by atoms with Gasteiger partial charge in [0.1, 0.15) is 6.61 Å². The number of aryl methyl sites for hydroxylation is 2. The van der Waals surface area contributed by atoms with Gasteiger partial charge in [0.05, 0.1) is 11.9 Å². The van der Waals surface area contributed by atoms with Crippen molar-refractivity contribution in [1.29, 1.82) is 0 Å². The first-order valence-corrected chi connectivity index (χ1v) is 6.10. The number of aromatic nitrogens is 2. The van der Waals surface area contributed by atoms with Gasteiger partial charge in [0.25, 0.3) is 5.91 Å². The van der Waals surface area contributed by atoms with Crippen molar-refractivity contribution in [2.75, 3.05) is 11.9 Å². The van der Waals surface area contributed by atoms with Gasteiger partial charge >= 0.3 is 0 Å². The Bertz CT molecular complexity index is 693. The van der Waals surface area contributed by atoms with E-state index in [1.807, 2.05) is 19.1 Å². The number of hydrogen-bond acceptors (Lipinski definition) is 3. The van der Waals surface area contributed by atoms with Gasteiger partial charge in [0.15, 0.2) is 0 Å². The van der Waals surface area contributed by atoms with Crippen LogP contribution in [0.1, 0.15) is 21.5 Å². The summed E-state index contributed by atoms with van der Waals surface area (Å²) in [7, 11) is 1.78. The highest BCUT2D eigenvalue weighted by Crippen LogP contribution is 2.13. The van der Waals surface area contributed by atoms with E-state index in [-0.39, 0.29) is 12.5 Å². The van der Waals surface area contributed by atoms with E-state index in [1.54, 1.807) is 30.2 Å². The van der Waals surface area contributed by atoms with Crippen molar-refractivity contribution in [3.63, 3.8) is 0 Å². The summed E-state index contributed by atoms with van der Waals surface area (Å²) in [4.78, 5) is 12.2. The number of benzene rings is 1. The lowest BCUT2D eigenvalue weighted by Crippen LogP contribution is -2.13. The highest BCUT2D eigenvalue weighted by atomic mass is 16.2. The summed E-state index contributed by atoms with van der Waals surface area (Å²) in [6, 6.07) is 5.36. The normalized spacial score (nSPS) is 9.75. The van der Waals surface area contributed by atoms with Crippen molar-refractivity contribution in [3.05, 3.63) is 47.3 Å². The van der Waals surface area contributed by atoms with Crippen LogP contribution in [-0.2, 0) is 7.05 Å². The minimum absolute atomic E-state index is 0.203. The highest BCUT2D eigenvalue weighted by Gasteiger charge is 2.10. The Kier molecular flexibility index (Phi) is 4.18. The van der Waals surface area contributed by atoms with E-state index < -0.39 is 0 Å². The summed E-state index contributed by atoms with van der Waals surface area (Å²) in [5.74, 6) is 5.15. The maximum Gasteiger partial charge on any atom is 0.256 e. The van der Waals surface area contributed by atoms with Crippen LogP contribution in [-0.4, -0.2) is 27.4 Å². The van der Waals surface area contributed by atoms with Gasteiger partial charge in [-0.3, -0.25) is 9.48 Å². The largest absolute Gasteiger partial charge is 0.384 e. The quantitative estimate of drug-likeness (QED) is 0.808. The zero-order valence-electron chi connectivity index (χ0n) is 11.3. The number of amides is 1. The SMILES string of the molecule is Cc1ccc(C#CCO)cc1C(=O)Nc1cnn(C)c1. The molecule has 0 aliphatic rings. The van der Waals surface area contributed by atoms with Crippen LogP contribution in [0.5, 0.6) is 0 Å². The van der Waals surface area contributed by atoms with Crippen LogP contribution >= 0.6 is 0 Å². The first-order valence-electron chi connectivity index (χ1n) is 6.10. The summed E-state index contributed by atoms with van der Waals surface area (Å²) in [5, 5.41) is 15.5. The van der Waals surface area contributed by atoms with Crippen molar-refractivity contribution in [2.24, 2.45) is 7.05 Å². The minimum Gasteiger partial charge on any atom is -0.384 e. The van der Waals surface area contributed by atoms with E-state index in [4.69, 9.17) is 5.11 Å². The summed E-state index contributed by atoms with van der Waals surface area (Å²) in [5.41, 5.74) is 2.75. The third kappa shape index (κ3) is 3.25. The fourth-order valence-corrected chi connectivity index (χ4v) is 1.77. The van der Waals surface area contributed by atoms with Gasteiger partial charge in [-0.05, 0) is 24.6 Å². The molecule has 1 aromatic heterocycles. The van der Waals surface area contributed by atoms with Crippen molar-refractivity contribution in [3.8, 4) is 11.8 Å². The summed E-state index contributed by atoms with van der Waals surface area (Å²) in [6.07, 6.45) is 3.31. The second kappa shape index (κ2) is 6.04. The molecule has 0 aliphatic carbocycles. The number of carbonyl (C=O) groups is 1. The number of rotatable bonds is 2. The molecule has 0 radical (unpaired) electrons. The number of anilines is 1. The first-order chi connectivity index (χ1) is 9.60.